The van der Waals surface area contributed by atoms with E-state index >= 15 is 0 Å². The fourth-order valence-electron chi connectivity index (χ4n) is 2.77. The van der Waals surface area contributed by atoms with Gasteiger partial charge in [-0.15, -0.1) is 11.3 Å². The van der Waals surface area contributed by atoms with E-state index in [1.807, 2.05) is 11.3 Å². The van der Waals surface area contributed by atoms with Crippen molar-refractivity contribution in [2.24, 2.45) is 5.92 Å². The molecule has 0 bridgehead atoms. The summed E-state index contributed by atoms with van der Waals surface area (Å²) in [6.45, 7) is 5.38. The van der Waals surface area contributed by atoms with Crippen molar-refractivity contribution in [1.82, 2.24) is 5.32 Å². The number of aryl methyl sites for hydroxylation is 1. The van der Waals surface area contributed by atoms with E-state index in [1.165, 1.54) is 29.0 Å². The Morgan fingerprint density at radius 1 is 1.35 bits per heavy atom. The number of ether oxygens (including phenoxy) is 1. The van der Waals surface area contributed by atoms with Gasteiger partial charge in [-0.25, -0.2) is 0 Å². The van der Waals surface area contributed by atoms with Gasteiger partial charge in [-0.05, 0) is 51.2 Å². The van der Waals surface area contributed by atoms with Crippen LogP contribution in [0.4, 0.5) is 0 Å². The Labute approximate surface area is 107 Å². The second-order valence-corrected chi connectivity index (χ2v) is 6.72. The molecule has 0 aromatic carbocycles. The van der Waals surface area contributed by atoms with Crippen LogP contribution in [0.25, 0.3) is 0 Å². The van der Waals surface area contributed by atoms with Crippen molar-refractivity contribution in [2.45, 2.75) is 51.3 Å². The van der Waals surface area contributed by atoms with Gasteiger partial charge in [0.1, 0.15) is 0 Å². The third kappa shape index (κ3) is 2.56. The normalized spacial score (nSPS) is 30.7. The molecule has 3 atom stereocenters. The van der Waals surface area contributed by atoms with Crippen molar-refractivity contribution >= 4 is 11.3 Å². The lowest BCUT2D eigenvalue weighted by Gasteiger charge is -2.23. The van der Waals surface area contributed by atoms with E-state index in [-0.39, 0.29) is 0 Å². The SMILES string of the molecule is Cc1ccc(C(C)NC2CCOC2C2CC2)s1. The topological polar surface area (TPSA) is 21.3 Å². The summed E-state index contributed by atoms with van der Waals surface area (Å²) in [7, 11) is 0. The van der Waals surface area contributed by atoms with Crippen LogP contribution in [-0.4, -0.2) is 18.8 Å². The number of rotatable bonds is 4. The zero-order chi connectivity index (χ0) is 11.8. The maximum atomic E-state index is 5.87. The summed E-state index contributed by atoms with van der Waals surface area (Å²) >= 11 is 1.90. The first-order chi connectivity index (χ1) is 8.24. The van der Waals surface area contributed by atoms with Gasteiger partial charge >= 0.3 is 0 Å². The molecule has 2 heterocycles. The molecule has 1 aromatic rings. The Kier molecular flexibility index (Phi) is 3.24. The molecular weight excluding hydrogens is 230 g/mol. The molecule has 94 valence electrons. The van der Waals surface area contributed by atoms with Gasteiger partial charge in [0.05, 0.1) is 6.10 Å². The summed E-state index contributed by atoms with van der Waals surface area (Å²) in [4.78, 5) is 2.85. The van der Waals surface area contributed by atoms with Crippen LogP contribution in [0.1, 0.15) is 42.0 Å². The minimum atomic E-state index is 0.460. The second-order valence-electron chi connectivity index (χ2n) is 5.40. The molecule has 2 fully saturated rings. The third-order valence-corrected chi connectivity index (χ3v) is 5.06. The largest absolute Gasteiger partial charge is 0.376 e. The molecule has 1 saturated carbocycles. The van der Waals surface area contributed by atoms with Crippen LogP contribution < -0.4 is 5.32 Å². The van der Waals surface area contributed by atoms with Crippen LogP contribution in [-0.2, 0) is 4.74 Å². The highest BCUT2D eigenvalue weighted by Crippen LogP contribution is 2.39. The Balaban J connectivity index is 1.62. The number of hydrogen-bond donors (Lipinski definition) is 1. The second kappa shape index (κ2) is 4.71. The lowest BCUT2D eigenvalue weighted by atomic mass is 10.1. The fraction of sp³-hybridized carbons (Fsp3) is 0.714. The van der Waals surface area contributed by atoms with Crippen LogP contribution in [0.2, 0.25) is 0 Å². The summed E-state index contributed by atoms with van der Waals surface area (Å²) in [5, 5.41) is 3.77. The Morgan fingerprint density at radius 3 is 2.82 bits per heavy atom. The molecule has 1 aromatic heterocycles. The molecule has 3 heteroatoms. The van der Waals surface area contributed by atoms with E-state index in [9.17, 15) is 0 Å². The van der Waals surface area contributed by atoms with Gasteiger partial charge in [0.2, 0.25) is 0 Å². The van der Waals surface area contributed by atoms with Crippen molar-refractivity contribution in [3.8, 4) is 0 Å². The van der Waals surface area contributed by atoms with Gasteiger partial charge < -0.3 is 10.1 Å². The monoisotopic (exact) mass is 251 g/mol. The smallest absolute Gasteiger partial charge is 0.0757 e. The number of hydrogen-bond acceptors (Lipinski definition) is 3. The van der Waals surface area contributed by atoms with Gasteiger partial charge in [0, 0.05) is 28.4 Å². The summed E-state index contributed by atoms with van der Waals surface area (Å²) in [6, 6.07) is 5.49. The highest BCUT2D eigenvalue weighted by molar-refractivity contribution is 7.12. The summed E-state index contributed by atoms with van der Waals surface area (Å²) in [5.41, 5.74) is 0. The Hall–Kier alpha value is -0.380. The molecule has 1 aliphatic carbocycles. The molecule has 3 rings (SSSR count). The van der Waals surface area contributed by atoms with E-state index in [0.29, 0.717) is 18.2 Å². The van der Waals surface area contributed by atoms with Gasteiger partial charge in [-0.2, -0.15) is 0 Å². The first-order valence-electron chi connectivity index (χ1n) is 6.68. The van der Waals surface area contributed by atoms with Gasteiger partial charge in [0.15, 0.2) is 0 Å². The van der Waals surface area contributed by atoms with Crippen molar-refractivity contribution in [2.75, 3.05) is 6.61 Å². The van der Waals surface area contributed by atoms with E-state index in [1.54, 1.807) is 0 Å². The predicted octanol–water partition coefficient (Wildman–Crippen LogP) is 3.27. The number of nitrogens with one attached hydrogen (secondary N) is 1. The molecule has 2 aliphatic rings. The Bertz CT molecular complexity index is 385. The first-order valence-corrected chi connectivity index (χ1v) is 7.49. The van der Waals surface area contributed by atoms with Crippen LogP contribution in [0.15, 0.2) is 12.1 Å². The quantitative estimate of drug-likeness (QED) is 0.886. The van der Waals surface area contributed by atoms with Crippen LogP contribution in [0.5, 0.6) is 0 Å². The molecule has 1 saturated heterocycles. The molecular formula is C14H21NOS. The van der Waals surface area contributed by atoms with Crippen LogP contribution >= 0.6 is 11.3 Å². The minimum absolute atomic E-state index is 0.460. The lowest BCUT2D eigenvalue weighted by Crippen LogP contribution is -2.38. The molecule has 0 amide bonds. The summed E-state index contributed by atoms with van der Waals surface area (Å²) < 4.78 is 5.87. The summed E-state index contributed by atoms with van der Waals surface area (Å²) in [5.74, 6) is 0.840. The van der Waals surface area contributed by atoms with Crippen molar-refractivity contribution < 1.29 is 4.74 Å². The zero-order valence-electron chi connectivity index (χ0n) is 10.6. The molecule has 3 unspecified atom stereocenters. The lowest BCUT2D eigenvalue weighted by molar-refractivity contribution is 0.0793. The molecule has 1 N–H and O–H groups in total. The van der Waals surface area contributed by atoms with Crippen molar-refractivity contribution in [1.29, 1.82) is 0 Å². The number of thiophene rings is 1. The van der Waals surface area contributed by atoms with E-state index in [0.717, 1.165) is 12.5 Å². The standard InChI is InChI=1S/C14H21NOS/c1-9-3-6-13(17-9)10(2)15-12-7-8-16-14(12)11-4-5-11/h3,6,10-12,14-15H,4-5,7-8H2,1-2H3. The molecule has 17 heavy (non-hydrogen) atoms. The predicted molar refractivity (Wildman–Crippen MR) is 71.5 cm³/mol. The average molecular weight is 251 g/mol. The average Bonchev–Trinajstić information content (AvgIpc) is 2.89. The van der Waals surface area contributed by atoms with Crippen LogP contribution in [0, 0.1) is 12.8 Å². The van der Waals surface area contributed by atoms with Crippen molar-refractivity contribution in [3.63, 3.8) is 0 Å². The highest BCUT2D eigenvalue weighted by Gasteiger charge is 2.40. The van der Waals surface area contributed by atoms with Crippen LogP contribution in [0.3, 0.4) is 0 Å². The third-order valence-electron chi connectivity index (χ3n) is 3.87. The molecule has 2 nitrogen and oxygen atoms in total. The van der Waals surface area contributed by atoms with E-state index < -0.39 is 0 Å². The van der Waals surface area contributed by atoms with E-state index in [4.69, 9.17) is 4.74 Å². The maximum Gasteiger partial charge on any atom is 0.0757 e. The molecule has 0 spiro atoms. The van der Waals surface area contributed by atoms with Gasteiger partial charge in [0.25, 0.3) is 0 Å². The van der Waals surface area contributed by atoms with Gasteiger partial charge in [-0.3, -0.25) is 0 Å². The van der Waals surface area contributed by atoms with Crippen molar-refractivity contribution in [3.05, 3.63) is 21.9 Å². The fourth-order valence-corrected chi connectivity index (χ4v) is 3.66. The zero-order valence-corrected chi connectivity index (χ0v) is 11.4. The first kappa shape index (κ1) is 11.7. The van der Waals surface area contributed by atoms with E-state index in [2.05, 4.69) is 31.3 Å². The summed E-state index contributed by atoms with van der Waals surface area (Å²) in [6.07, 6.45) is 4.40. The Morgan fingerprint density at radius 2 is 2.18 bits per heavy atom. The maximum absolute atomic E-state index is 5.87. The van der Waals surface area contributed by atoms with Gasteiger partial charge in [-0.1, -0.05) is 0 Å². The molecule has 0 radical (unpaired) electrons. The molecule has 1 aliphatic heterocycles. The highest BCUT2D eigenvalue weighted by atomic mass is 32.1. The minimum Gasteiger partial charge on any atom is -0.376 e.